The lowest BCUT2D eigenvalue weighted by molar-refractivity contribution is 0.413. The molecule has 0 unspecified atom stereocenters. The van der Waals surface area contributed by atoms with Crippen molar-refractivity contribution < 1.29 is 4.74 Å². The van der Waals surface area contributed by atoms with Gasteiger partial charge in [0.15, 0.2) is 0 Å². The smallest absolute Gasteiger partial charge is 0.119 e. The van der Waals surface area contributed by atoms with E-state index in [1.165, 1.54) is 4.90 Å². The first-order valence-electron chi connectivity index (χ1n) is 5.37. The first kappa shape index (κ1) is 11.9. The highest BCUT2D eigenvalue weighted by molar-refractivity contribution is 7.99. The van der Waals surface area contributed by atoms with Crippen LogP contribution < -0.4 is 10.5 Å². The molecule has 0 saturated carbocycles. The molecular weight excluding hydrogens is 230 g/mol. The number of nitrogen functional groups attached to an aromatic ring is 1. The Morgan fingerprint density at radius 3 is 2.53 bits per heavy atom. The van der Waals surface area contributed by atoms with Gasteiger partial charge in [-0.25, -0.2) is 0 Å². The molecule has 2 aromatic rings. The second kappa shape index (κ2) is 5.15. The number of benzene rings is 2. The van der Waals surface area contributed by atoms with Gasteiger partial charge in [-0.05, 0) is 48.9 Å². The molecule has 88 valence electrons. The average molecular weight is 245 g/mol. The molecule has 0 aliphatic rings. The van der Waals surface area contributed by atoms with Gasteiger partial charge in [-0.1, -0.05) is 17.8 Å². The van der Waals surface area contributed by atoms with Crippen molar-refractivity contribution in [1.82, 2.24) is 0 Å². The Labute approximate surface area is 106 Å². The molecular formula is C14H15NOS. The monoisotopic (exact) mass is 245 g/mol. The quantitative estimate of drug-likeness (QED) is 0.837. The van der Waals surface area contributed by atoms with Crippen LogP contribution in [-0.4, -0.2) is 7.11 Å². The molecule has 0 heterocycles. The number of hydrogen-bond donors (Lipinski definition) is 1. The second-order valence-corrected chi connectivity index (χ2v) is 4.95. The first-order valence-corrected chi connectivity index (χ1v) is 6.19. The van der Waals surface area contributed by atoms with Crippen molar-refractivity contribution in [2.24, 2.45) is 0 Å². The Kier molecular flexibility index (Phi) is 3.59. The highest BCUT2D eigenvalue weighted by Crippen LogP contribution is 2.31. The van der Waals surface area contributed by atoms with Gasteiger partial charge >= 0.3 is 0 Å². The van der Waals surface area contributed by atoms with Gasteiger partial charge in [0.25, 0.3) is 0 Å². The van der Waals surface area contributed by atoms with E-state index in [0.29, 0.717) is 0 Å². The van der Waals surface area contributed by atoms with Crippen LogP contribution in [0.3, 0.4) is 0 Å². The van der Waals surface area contributed by atoms with Crippen LogP contribution in [0.5, 0.6) is 5.75 Å². The molecule has 0 spiro atoms. The van der Waals surface area contributed by atoms with E-state index >= 15 is 0 Å². The standard InChI is InChI=1S/C14H15NOS/c1-10-8-13(6-7-14(10)15)17-12-5-3-4-11(9-12)16-2/h3-9H,15H2,1-2H3. The number of nitrogens with two attached hydrogens (primary N) is 1. The summed E-state index contributed by atoms with van der Waals surface area (Å²) in [5, 5.41) is 0. The first-order chi connectivity index (χ1) is 8.19. The van der Waals surface area contributed by atoms with Crippen LogP contribution in [0.15, 0.2) is 52.3 Å². The largest absolute Gasteiger partial charge is 0.497 e. The summed E-state index contributed by atoms with van der Waals surface area (Å²) in [4.78, 5) is 2.35. The van der Waals surface area contributed by atoms with Crippen molar-refractivity contribution in [3.63, 3.8) is 0 Å². The van der Waals surface area contributed by atoms with Crippen LogP contribution in [0.2, 0.25) is 0 Å². The second-order valence-electron chi connectivity index (χ2n) is 3.80. The molecule has 2 rings (SSSR count). The number of ether oxygens (including phenoxy) is 1. The van der Waals surface area contributed by atoms with Gasteiger partial charge < -0.3 is 10.5 Å². The molecule has 3 heteroatoms. The van der Waals surface area contributed by atoms with Crippen molar-refractivity contribution in [1.29, 1.82) is 0 Å². The minimum absolute atomic E-state index is 0.833. The Bertz CT molecular complexity index is 525. The molecule has 0 radical (unpaired) electrons. The summed E-state index contributed by atoms with van der Waals surface area (Å²) in [6, 6.07) is 14.1. The Balaban J connectivity index is 2.22. The Morgan fingerprint density at radius 2 is 1.82 bits per heavy atom. The predicted molar refractivity (Wildman–Crippen MR) is 72.7 cm³/mol. The third-order valence-corrected chi connectivity index (χ3v) is 3.50. The fourth-order valence-corrected chi connectivity index (χ4v) is 2.48. The SMILES string of the molecule is COc1cccc(Sc2ccc(N)c(C)c2)c1. The molecule has 17 heavy (non-hydrogen) atoms. The maximum absolute atomic E-state index is 5.80. The molecule has 0 aliphatic heterocycles. The van der Waals surface area contributed by atoms with Crippen LogP contribution >= 0.6 is 11.8 Å². The molecule has 2 aromatic carbocycles. The Morgan fingerprint density at radius 1 is 1.06 bits per heavy atom. The lowest BCUT2D eigenvalue weighted by Gasteiger charge is -2.06. The van der Waals surface area contributed by atoms with E-state index in [0.717, 1.165) is 21.9 Å². The van der Waals surface area contributed by atoms with Crippen LogP contribution in [-0.2, 0) is 0 Å². The van der Waals surface area contributed by atoms with E-state index in [1.807, 2.05) is 37.3 Å². The fraction of sp³-hybridized carbons (Fsp3) is 0.143. The van der Waals surface area contributed by atoms with E-state index in [-0.39, 0.29) is 0 Å². The summed E-state index contributed by atoms with van der Waals surface area (Å²) in [5.74, 6) is 0.877. The van der Waals surface area contributed by atoms with Gasteiger partial charge in [0.05, 0.1) is 7.11 Å². The van der Waals surface area contributed by atoms with Gasteiger partial charge in [-0.2, -0.15) is 0 Å². The highest BCUT2D eigenvalue weighted by Gasteiger charge is 2.01. The molecule has 0 atom stereocenters. The van der Waals surface area contributed by atoms with E-state index in [1.54, 1.807) is 18.9 Å². The van der Waals surface area contributed by atoms with Gasteiger partial charge in [-0.3, -0.25) is 0 Å². The summed E-state index contributed by atoms with van der Waals surface area (Å²) in [6.45, 7) is 2.02. The summed E-state index contributed by atoms with van der Waals surface area (Å²) >= 11 is 1.70. The normalized spacial score (nSPS) is 10.2. The summed E-state index contributed by atoms with van der Waals surface area (Å²) in [7, 11) is 1.68. The minimum atomic E-state index is 0.833. The van der Waals surface area contributed by atoms with Crippen molar-refractivity contribution in [3.05, 3.63) is 48.0 Å². The van der Waals surface area contributed by atoms with Crippen LogP contribution in [0.1, 0.15) is 5.56 Å². The molecule has 0 bridgehead atoms. The lowest BCUT2D eigenvalue weighted by Crippen LogP contribution is -1.88. The van der Waals surface area contributed by atoms with E-state index in [4.69, 9.17) is 10.5 Å². The molecule has 0 aliphatic carbocycles. The predicted octanol–water partition coefficient (Wildman–Crippen LogP) is 3.74. The van der Waals surface area contributed by atoms with Crippen LogP contribution in [0.4, 0.5) is 5.69 Å². The zero-order valence-electron chi connectivity index (χ0n) is 9.94. The van der Waals surface area contributed by atoms with Crippen molar-refractivity contribution >= 4 is 17.4 Å². The number of methoxy groups -OCH3 is 1. The third-order valence-electron chi connectivity index (χ3n) is 2.52. The zero-order chi connectivity index (χ0) is 12.3. The van der Waals surface area contributed by atoms with Crippen LogP contribution in [0.25, 0.3) is 0 Å². The molecule has 0 saturated heterocycles. The summed E-state index contributed by atoms with van der Waals surface area (Å²) < 4.78 is 5.20. The van der Waals surface area contributed by atoms with Crippen molar-refractivity contribution in [2.45, 2.75) is 16.7 Å². The molecule has 0 fully saturated rings. The molecule has 2 N–H and O–H groups in total. The topological polar surface area (TPSA) is 35.2 Å². The van der Waals surface area contributed by atoms with Crippen molar-refractivity contribution in [3.8, 4) is 5.75 Å². The highest BCUT2D eigenvalue weighted by atomic mass is 32.2. The molecule has 2 nitrogen and oxygen atoms in total. The van der Waals surface area contributed by atoms with Gasteiger partial charge in [0.1, 0.15) is 5.75 Å². The van der Waals surface area contributed by atoms with E-state index in [2.05, 4.69) is 12.1 Å². The summed E-state index contributed by atoms with van der Waals surface area (Å²) in [5.41, 5.74) is 7.74. The van der Waals surface area contributed by atoms with E-state index in [9.17, 15) is 0 Å². The van der Waals surface area contributed by atoms with Crippen molar-refractivity contribution in [2.75, 3.05) is 12.8 Å². The third kappa shape index (κ3) is 2.94. The number of rotatable bonds is 3. The number of hydrogen-bond acceptors (Lipinski definition) is 3. The number of anilines is 1. The van der Waals surface area contributed by atoms with Gasteiger partial charge in [-0.15, -0.1) is 0 Å². The Hall–Kier alpha value is -1.61. The van der Waals surface area contributed by atoms with Crippen LogP contribution in [0, 0.1) is 6.92 Å². The molecule has 0 amide bonds. The lowest BCUT2D eigenvalue weighted by atomic mass is 10.2. The van der Waals surface area contributed by atoms with Gasteiger partial charge in [0, 0.05) is 15.5 Å². The fourth-order valence-electron chi connectivity index (χ4n) is 1.51. The zero-order valence-corrected chi connectivity index (χ0v) is 10.8. The minimum Gasteiger partial charge on any atom is -0.497 e. The van der Waals surface area contributed by atoms with E-state index < -0.39 is 0 Å². The van der Waals surface area contributed by atoms with Gasteiger partial charge in [0.2, 0.25) is 0 Å². The summed E-state index contributed by atoms with van der Waals surface area (Å²) in [6.07, 6.45) is 0. The maximum atomic E-state index is 5.80. The average Bonchev–Trinajstić information content (AvgIpc) is 2.34. The number of aryl methyl sites for hydroxylation is 1. The maximum Gasteiger partial charge on any atom is 0.119 e. The molecule has 0 aromatic heterocycles.